The van der Waals surface area contributed by atoms with Gasteiger partial charge in [0.15, 0.2) is 0 Å². The van der Waals surface area contributed by atoms with Gasteiger partial charge in [0.2, 0.25) is 0 Å². The number of carbonyl (C=O) groups excluding carboxylic acids is 1. The molecule has 1 amide bonds. The van der Waals surface area contributed by atoms with Crippen molar-refractivity contribution in [3.05, 3.63) is 50.1 Å². The van der Waals surface area contributed by atoms with Gasteiger partial charge >= 0.3 is 0 Å². The number of pyridine rings is 1. The molecule has 1 heterocycles. The minimum absolute atomic E-state index is 0.221. The first-order valence-electron chi connectivity index (χ1n) is 5.29. The maximum absolute atomic E-state index is 12.1. The van der Waals surface area contributed by atoms with Gasteiger partial charge < -0.3 is 10.7 Å². The Kier molecular flexibility index (Phi) is 4.72. The number of nitrogens with one attached hydrogen (secondary N) is 2. The van der Waals surface area contributed by atoms with Crippen LogP contribution >= 0.6 is 38.5 Å². The number of hydrogen-bond donors (Lipinski definition) is 3. The summed E-state index contributed by atoms with van der Waals surface area (Å²) in [5.74, 6) is 5.48. The Labute approximate surface area is 132 Å². The zero-order valence-corrected chi connectivity index (χ0v) is 13.4. The van der Waals surface area contributed by atoms with E-state index < -0.39 is 0 Å². The summed E-state index contributed by atoms with van der Waals surface area (Å²) in [7, 11) is 0. The third-order valence-electron chi connectivity index (χ3n) is 2.35. The second-order valence-electron chi connectivity index (χ2n) is 3.65. The van der Waals surface area contributed by atoms with Crippen LogP contribution in [0.15, 0.2) is 41.0 Å². The standard InChI is InChI=1S/C12H10BrIN4O/c13-9-2-1-8(14)6-10(9)17-12(19)7-3-4-16-11(5-7)18-15/h1-6H,15H2,(H,16,18)(H,17,19). The van der Waals surface area contributed by atoms with Crippen molar-refractivity contribution in [2.24, 2.45) is 5.84 Å². The number of nitrogens with zero attached hydrogens (tertiary/aromatic N) is 1. The maximum Gasteiger partial charge on any atom is 0.255 e. The molecule has 0 bridgehead atoms. The van der Waals surface area contributed by atoms with E-state index in [1.807, 2.05) is 18.2 Å². The van der Waals surface area contributed by atoms with E-state index in [9.17, 15) is 4.79 Å². The molecule has 19 heavy (non-hydrogen) atoms. The molecule has 0 atom stereocenters. The van der Waals surface area contributed by atoms with Gasteiger partial charge in [0.25, 0.3) is 5.91 Å². The zero-order chi connectivity index (χ0) is 13.8. The molecular weight excluding hydrogens is 423 g/mol. The lowest BCUT2D eigenvalue weighted by Gasteiger charge is -2.08. The molecule has 0 aliphatic rings. The monoisotopic (exact) mass is 432 g/mol. The highest BCUT2D eigenvalue weighted by Gasteiger charge is 2.09. The van der Waals surface area contributed by atoms with Crippen molar-refractivity contribution in [3.63, 3.8) is 0 Å². The van der Waals surface area contributed by atoms with Gasteiger partial charge in [-0.25, -0.2) is 10.8 Å². The molecule has 0 aliphatic carbocycles. The van der Waals surface area contributed by atoms with Crippen molar-refractivity contribution < 1.29 is 4.79 Å². The molecule has 0 spiro atoms. The number of nitrogen functional groups attached to an aromatic ring is 1. The van der Waals surface area contributed by atoms with E-state index >= 15 is 0 Å². The summed E-state index contributed by atoms with van der Waals surface area (Å²) in [6, 6.07) is 8.92. The minimum Gasteiger partial charge on any atom is -0.321 e. The van der Waals surface area contributed by atoms with E-state index in [0.29, 0.717) is 11.4 Å². The number of carbonyl (C=O) groups is 1. The highest BCUT2D eigenvalue weighted by molar-refractivity contribution is 14.1. The lowest BCUT2D eigenvalue weighted by molar-refractivity contribution is 0.102. The molecule has 1 aromatic carbocycles. The summed E-state index contributed by atoms with van der Waals surface area (Å²) in [4.78, 5) is 16.1. The van der Waals surface area contributed by atoms with Gasteiger partial charge in [0.1, 0.15) is 5.82 Å². The number of halogens is 2. The molecule has 1 aromatic heterocycles. The van der Waals surface area contributed by atoms with Crippen molar-refractivity contribution in [1.82, 2.24) is 4.98 Å². The fourth-order valence-electron chi connectivity index (χ4n) is 1.44. The predicted octanol–water partition coefficient (Wildman–Crippen LogP) is 2.99. The van der Waals surface area contributed by atoms with Crippen LogP contribution in [0.5, 0.6) is 0 Å². The van der Waals surface area contributed by atoms with Crippen LogP contribution < -0.4 is 16.6 Å². The van der Waals surface area contributed by atoms with E-state index in [2.05, 4.69) is 54.2 Å². The lowest BCUT2D eigenvalue weighted by atomic mass is 10.2. The van der Waals surface area contributed by atoms with Crippen molar-refractivity contribution >= 4 is 55.9 Å². The largest absolute Gasteiger partial charge is 0.321 e. The first kappa shape index (κ1) is 14.2. The molecule has 0 fully saturated rings. The molecule has 7 heteroatoms. The highest BCUT2D eigenvalue weighted by atomic mass is 127. The molecule has 0 aliphatic heterocycles. The average molecular weight is 433 g/mol. The molecule has 98 valence electrons. The van der Waals surface area contributed by atoms with Crippen LogP contribution in [0.1, 0.15) is 10.4 Å². The van der Waals surface area contributed by atoms with Gasteiger partial charge in [-0.15, -0.1) is 0 Å². The molecule has 4 N–H and O–H groups in total. The normalized spacial score (nSPS) is 10.1. The van der Waals surface area contributed by atoms with Crippen LogP contribution in [-0.2, 0) is 0 Å². The third kappa shape index (κ3) is 3.64. The van der Waals surface area contributed by atoms with Gasteiger partial charge in [-0.1, -0.05) is 0 Å². The SMILES string of the molecule is NNc1cc(C(=O)Nc2cc(I)ccc2Br)ccn1. The number of benzene rings is 1. The van der Waals surface area contributed by atoms with E-state index in [-0.39, 0.29) is 5.91 Å². The third-order valence-corrected chi connectivity index (χ3v) is 3.71. The predicted molar refractivity (Wildman–Crippen MR) is 86.9 cm³/mol. The Balaban J connectivity index is 2.22. The smallest absolute Gasteiger partial charge is 0.255 e. The van der Waals surface area contributed by atoms with Crippen molar-refractivity contribution in [1.29, 1.82) is 0 Å². The van der Waals surface area contributed by atoms with Crippen molar-refractivity contribution in [2.45, 2.75) is 0 Å². The number of amides is 1. The molecule has 0 saturated carbocycles. The summed E-state index contributed by atoms with van der Waals surface area (Å²) in [5, 5.41) is 2.83. The summed E-state index contributed by atoms with van der Waals surface area (Å²) >= 11 is 5.58. The van der Waals surface area contributed by atoms with Gasteiger partial charge in [-0.05, 0) is 68.9 Å². The molecule has 2 rings (SSSR count). The van der Waals surface area contributed by atoms with Crippen LogP contribution in [0.4, 0.5) is 11.5 Å². The Bertz CT molecular complexity index is 620. The maximum atomic E-state index is 12.1. The summed E-state index contributed by atoms with van der Waals surface area (Å²) in [5.41, 5.74) is 3.60. The fraction of sp³-hybridized carbons (Fsp3) is 0. The van der Waals surface area contributed by atoms with E-state index in [1.165, 1.54) is 6.20 Å². The van der Waals surface area contributed by atoms with Crippen LogP contribution in [0.25, 0.3) is 0 Å². The first-order valence-corrected chi connectivity index (χ1v) is 7.16. The molecule has 0 unspecified atom stereocenters. The second kappa shape index (κ2) is 6.31. The van der Waals surface area contributed by atoms with Crippen molar-refractivity contribution in [3.8, 4) is 0 Å². The van der Waals surface area contributed by atoms with Gasteiger partial charge in [-0.3, -0.25) is 4.79 Å². The Morgan fingerprint density at radius 3 is 2.84 bits per heavy atom. The van der Waals surface area contributed by atoms with Gasteiger partial charge in [0.05, 0.1) is 5.69 Å². The van der Waals surface area contributed by atoms with E-state index in [1.54, 1.807) is 12.1 Å². The Morgan fingerprint density at radius 2 is 2.11 bits per heavy atom. The quantitative estimate of drug-likeness (QED) is 0.395. The number of anilines is 2. The van der Waals surface area contributed by atoms with Crippen LogP contribution in [0, 0.1) is 3.57 Å². The highest BCUT2D eigenvalue weighted by Crippen LogP contribution is 2.25. The second-order valence-corrected chi connectivity index (χ2v) is 5.75. The number of aromatic nitrogens is 1. The summed E-state index contributed by atoms with van der Waals surface area (Å²) in [6.45, 7) is 0. The molecule has 2 aromatic rings. The number of rotatable bonds is 3. The zero-order valence-electron chi connectivity index (χ0n) is 9.65. The number of nitrogens with two attached hydrogens (primary N) is 1. The number of hydrazine groups is 1. The first-order chi connectivity index (χ1) is 9.10. The fourth-order valence-corrected chi connectivity index (χ4v) is 2.28. The molecular formula is C12H10BrIN4O. The molecule has 0 radical (unpaired) electrons. The topological polar surface area (TPSA) is 80.0 Å². The lowest BCUT2D eigenvalue weighted by Crippen LogP contribution is -2.14. The van der Waals surface area contributed by atoms with Gasteiger partial charge in [-0.2, -0.15) is 0 Å². The van der Waals surface area contributed by atoms with Crippen LogP contribution in [0.2, 0.25) is 0 Å². The van der Waals surface area contributed by atoms with Gasteiger partial charge in [0, 0.05) is 19.8 Å². The van der Waals surface area contributed by atoms with Crippen LogP contribution in [0.3, 0.4) is 0 Å². The van der Waals surface area contributed by atoms with Crippen molar-refractivity contribution in [2.75, 3.05) is 10.7 Å². The minimum atomic E-state index is -0.221. The molecule has 5 nitrogen and oxygen atoms in total. The summed E-state index contributed by atoms with van der Waals surface area (Å²) in [6.07, 6.45) is 1.52. The number of hydrogen-bond acceptors (Lipinski definition) is 4. The average Bonchev–Trinajstić information content (AvgIpc) is 2.43. The Hall–Kier alpha value is -1.19. The molecule has 0 saturated heterocycles. The van der Waals surface area contributed by atoms with Crippen LogP contribution in [-0.4, -0.2) is 10.9 Å². The Morgan fingerprint density at radius 1 is 1.32 bits per heavy atom. The summed E-state index contributed by atoms with van der Waals surface area (Å²) < 4.78 is 1.86. The van der Waals surface area contributed by atoms with E-state index in [4.69, 9.17) is 5.84 Å². The van der Waals surface area contributed by atoms with E-state index in [0.717, 1.165) is 13.7 Å².